The monoisotopic (exact) mass is 184 g/mol. The quantitative estimate of drug-likeness (QED) is 0.442. The van der Waals surface area contributed by atoms with Gasteiger partial charge in [0.05, 0.1) is 0 Å². The Hall–Kier alpha value is -0.800. The van der Waals surface area contributed by atoms with Crippen molar-refractivity contribution in [3.8, 4) is 0 Å². The fourth-order valence-electron chi connectivity index (χ4n) is 0.950. The number of nitrogens with one attached hydrogen (secondary N) is 1. The van der Waals surface area contributed by atoms with E-state index < -0.39 is 0 Å². The average Bonchev–Trinajstić information content (AvgIpc) is 2.14. The summed E-state index contributed by atoms with van der Waals surface area (Å²) in [5.41, 5.74) is 5.41. The molecule has 0 radical (unpaired) electrons. The molecular formula is C10H20N2O. The minimum absolute atomic E-state index is 0.0738. The molecule has 0 aliphatic rings. The number of hydrogen-bond acceptors (Lipinski definition) is 3. The maximum atomic E-state index is 5.44. The number of ether oxygens (including phenoxy) is 1. The van der Waals surface area contributed by atoms with Gasteiger partial charge in [0.25, 0.3) is 0 Å². The summed E-state index contributed by atoms with van der Waals surface area (Å²) in [6, 6.07) is 0. The molecule has 0 aliphatic heterocycles. The van der Waals surface area contributed by atoms with Crippen molar-refractivity contribution in [1.29, 1.82) is 0 Å². The minimum Gasteiger partial charge on any atom is -0.366 e. The third-order valence-corrected chi connectivity index (χ3v) is 1.55. The topological polar surface area (TPSA) is 47.3 Å². The van der Waals surface area contributed by atoms with Crippen molar-refractivity contribution in [2.75, 3.05) is 13.2 Å². The fraction of sp³-hybridized carbons (Fsp3) is 0.600. The van der Waals surface area contributed by atoms with Crippen LogP contribution >= 0.6 is 0 Å². The lowest BCUT2D eigenvalue weighted by Crippen LogP contribution is -2.28. The van der Waals surface area contributed by atoms with Gasteiger partial charge in [-0.25, -0.2) is 0 Å². The predicted molar refractivity (Wildman–Crippen MR) is 56.2 cm³/mol. The Bertz CT molecular complexity index is 146. The van der Waals surface area contributed by atoms with Crippen molar-refractivity contribution >= 4 is 0 Å². The molecule has 3 nitrogen and oxygen atoms in total. The molecule has 76 valence electrons. The van der Waals surface area contributed by atoms with Gasteiger partial charge in [-0.05, 0) is 38.6 Å². The Morgan fingerprint density at radius 2 is 2.38 bits per heavy atom. The third kappa shape index (κ3) is 7.56. The molecule has 0 saturated carbocycles. The van der Waals surface area contributed by atoms with Crippen molar-refractivity contribution < 1.29 is 4.74 Å². The van der Waals surface area contributed by atoms with Crippen molar-refractivity contribution in [2.45, 2.75) is 26.0 Å². The molecule has 0 amide bonds. The van der Waals surface area contributed by atoms with Crippen molar-refractivity contribution in [3.05, 3.63) is 24.9 Å². The van der Waals surface area contributed by atoms with Crippen molar-refractivity contribution in [1.82, 2.24) is 5.32 Å². The highest BCUT2D eigenvalue weighted by atomic mass is 16.5. The molecule has 0 heterocycles. The zero-order valence-corrected chi connectivity index (χ0v) is 8.33. The highest BCUT2D eigenvalue weighted by Gasteiger charge is 2.03. The van der Waals surface area contributed by atoms with Crippen LogP contribution in [0.2, 0.25) is 0 Å². The van der Waals surface area contributed by atoms with Crippen molar-refractivity contribution in [2.24, 2.45) is 5.73 Å². The molecule has 0 spiro atoms. The number of nitrogens with two attached hydrogens (primary N) is 1. The van der Waals surface area contributed by atoms with Crippen LogP contribution in [0.15, 0.2) is 24.9 Å². The van der Waals surface area contributed by atoms with Gasteiger partial charge in [-0.2, -0.15) is 0 Å². The van der Waals surface area contributed by atoms with Gasteiger partial charge in [0.15, 0.2) is 0 Å². The van der Waals surface area contributed by atoms with Gasteiger partial charge in [-0.15, -0.1) is 0 Å². The number of rotatable bonds is 8. The van der Waals surface area contributed by atoms with Crippen LogP contribution in [0.5, 0.6) is 0 Å². The number of hydrogen-bond donors (Lipinski definition) is 2. The van der Waals surface area contributed by atoms with Gasteiger partial charge >= 0.3 is 0 Å². The van der Waals surface area contributed by atoms with Crippen LogP contribution in [-0.4, -0.2) is 19.4 Å². The SMILES string of the molecule is C=C/C=C\NC(CCCN)OCC. The first-order valence-electron chi connectivity index (χ1n) is 4.70. The van der Waals surface area contributed by atoms with Gasteiger partial charge in [-0.1, -0.05) is 12.7 Å². The molecule has 0 aliphatic carbocycles. The average molecular weight is 184 g/mol. The summed E-state index contributed by atoms with van der Waals surface area (Å²) >= 11 is 0. The van der Waals surface area contributed by atoms with Crippen molar-refractivity contribution in [3.63, 3.8) is 0 Å². The summed E-state index contributed by atoms with van der Waals surface area (Å²) in [5.74, 6) is 0. The summed E-state index contributed by atoms with van der Waals surface area (Å²) in [5, 5.41) is 3.13. The molecule has 0 aromatic rings. The lowest BCUT2D eigenvalue weighted by molar-refractivity contribution is 0.0413. The van der Waals surface area contributed by atoms with E-state index in [1.165, 1.54) is 0 Å². The first-order chi connectivity index (χ1) is 6.35. The maximum absolute atomic E-state index is 5.44. The maximum Gasteiger partial charge on any atom is 0.127 e. The third-order valence-electron chi connectivity index (χ3n) is 1.55. The lowest BCUT2D eigenvalue weighted by Gasteiger charge is -2.16. The van der Waals surface area contributed by atoms with Gasteiger partial charge in [0.2, 0.25) is 0 Å². The van der Waals surface area contributed by atoms with Crippen LogP contribution in [0.3, 0.4) is 0 Å². The van der Waals surface area contributed by atoms with E-state index in [0.717, 1.165) is 12.8 Å². The second-order valence-electron chi connectivity index (χ2n) is 2.64. The van der Waals surface area contributed by atoms with E-state index in [4.69, 9.17) is 10.5 Å². The standard InChI is InChI=1S/C10H20N2O/c1-3-5-9-12-10(13-4-2)7-6-8-11/h3,5,9-10,12H,1,4,6-8,11H2,2H3/b9-5-. The molecule has 0 bridgehead atoms. The molecule has 3 N–H and O–H groups in total. The predicted octanol–water partition coefficient (Wildman–Crippen LogP) is 1.38. The van der Waals surface area contributed by atoms with Crippen LogP contribution < -0.4 is 11.1 Å². The Labute approximate surface area is 80.6 Å². The Morgan fingerprint density at radius 1 is 1.62 bits per heavy atom. The minimum atomic E-state index is 0.0738. The van der Waals surface area contributed by atoms with E-state index in [-0.39, 0.29) is 6.23 Å². The molecule has 0 fully saturated rings. The zero-order valence-electron chi connectivity index (χ0n) is 8.33. The Morgan fingerprint density at radius 3 is 2.92 bits per heavy atom. The zero-order chi connectivity index (χ0) is 9.94. The first kappa shape index (κ1) is 12.2. The van der Waals surface area contributed by atoms with E-state index in [0.29, 0.717) is 13.2 Å². The second kappa shape index (κ2) is 9.29. The van der Waals surface area contributed by atoms with E-state index in [2.05, 4.69) is 11.9 Å². The molecule has 13 heavy (non-hydrogen) atoms. The summed E-state index contributed by atoms with van der Waals surface area (Å²) < 4.78 is 5.44. The first-order valence-corrected chi connectivity index (χ1v) is 4.70. The van der Waals surface area contributed by atoms with Gasteiger partial charge in [-0.3, -0.25) is 0 Å². The molecule has 0 saturated heterocycles. The van der Waals surface area contributed by atoms with Crippen LogP contribution in [-0.2, 0) is 4.74 Å². The molecule has 1 atom stereocenters. The largest absolute Gasteiger partial charge is 0.366 e. The Balaban J connectivity index is 3.65. The summed E-state index contributed by atoms with van der Waals surface area (Å²) in [6.07, 6.45) is 7.38. The molecule has 0 rings (SSSR count). The molecule has 1 unspecified atom stereocenters. The van der Waals surface area contributed by atoms with E-state index >= 15 is 0 Å². The molecule has 0 aromatic heterocycles. The summed E-state index contributed by atoms with van der Waals surface area (Å²) in [6.45, 7) is 6.98. The molecule has 0 aromatic carbocycles. The molecular weight excluding hydrogens is 164 g/mol. The normalized spacial score (nSPS) is 13.1. The number of allylic oxidation sites excluding steroid dienone is 2. The second-order valence-corrected chi connectivity index (χ2v) is 2.64. The van der Waals surface area contributed by atoms with Crippen LogP contribution in [0.25, 0.3) is 0 Å². The van der Waals surface area contributed by atoms with Crippen LogP contribution in [0.4, 0.5) is 0 Å². The Kier molecular flexibility index (Phi) is 8.72. The fourth-order valence-corrected chi connectivity index (χ4v) is 0.950. The summed E-state index contributed by atoms with van der Waals surface area (Å²) in [4.78, 5) is 0. The summed E-state index contributed by atoms with van der Waals surface area (Å²) in [7, 11) is 0. The van der Waals surface area contributed by atoms with Gasteiger partial charge in [0, 0.05) is 6.61 Å². The molecule has 3 heteroatoms. The van der Waals surface area contributed by atoms with Gasteiger partial charge in [0.1, 0.15) is 6.23 Å². The van der Waals surface area contributed by atoms with E-state index in [1.807, 2.05) is 19.2 Å². The lowest BCUT2D eigenvalue weighted by atomic mass is 10.3. The van der Waals surface area contributed by atoms with Gasteiger partial charge < -0.3 is 15.8 Å². The van der Waals surface area contributed by atoms with Crippen LogP contribution in [0, 0.1) is 0 Å². The highest BCUT2D eigenvalue weighted by molar-refractivity contribution is 4.96. The smallest absolute Gasteiger partial charge is 0.127 e. The highest BCUT2D eigenvalue weighted by Crippen LogP contribution is 1.97. The van der Waals surface area contributed by atoms with Crippen LogP contribution in [0.1, 0.15) is 19.8 Å². The van der Waals surface area contributed by atoms with E-state index in [1.54, 1.807) is 6.08 Å². The van der Waals surface area contributed by atoms with E-state index in [9.17, 15) is 0 Å².